The number of anilines is 2. The Morgan fingerprint density at radius 2 is 1.36 bits per heavy atom. The third-order valence-corrected chi connectivity index (χ3v) is 6.84. The molecule has 2 aliphatic rings. The minimum atomic E-state index is -3.23. The maximum Gasteiger partial charge on any atom is 0.329 e. The number of rotatable bonds is 5. The minimum Gasteiger partial charge on any atom is -0.497 e. The Balaban J connectivity index is 1.71. The second-order valence-corrected chi connectivity index (χ2v) is 9.01. The normalized spacial score (nSPS) is 23.0. The quantitative estimate of drug-likeness (QED) is 0.719. The second-order valence-electron chi connectivity index (χ2n) is 6.86. The Morgan fingerprint density at radius 3 is 1.79 bits per heavy atom. The average Bonchev–Trinajstić information content (AvgIpc) is 3.11. The van der Waals surface area contributed by atoms with Crippen LogP contribution in [0.4, 0.5) is 16.2 Å². The largest absolute Gasteiger partial charge is 0.497 e. The fourth-order valence-corrected chi connectivity index (χ4v) is 5.84. The molecule has 2 amide bonds. The van der Waals surface area contributed by atoms with Crippen LogP contribution < -0.4 is 19.3 Å². The van der Waals surface area contributed by atoms with Crippen molar-refractivity contribution >= 4 is 27.2 Å². The van der Waals surface area contributed by atoms with Gasteiger partial charge in [0.2, 0.25) is 0 Å². The predicted octanol–water partition coefficient (Wildman–Crippen LogP) is 2.71. The maximum absolute atomic E-state index is 13.3. The summed E-state index contributed by atoms with van der Waals surface area (Å²) in [5, 5.41) is 0. The number of amides is 2. The van der Waals surface area contributed by atoms with Crippen LogP contribution in [0.5, 0.6) is 11.5 Å². The number of nitrogens with zero attached hydrogens (tertiary/aromatic N) is 2. The van der Waals surface area contributed by atoms with Crippen LogP contribution in [0, 0.1) is 0 Å². The van der Waals surface area contributed by atoms with Crippen molar-refractivity contribution in [3.63, 3.8) is 0 Å². The van der Waals surface area contributed by atoms with Crippen LogP contribution in [0.25, 0.3) is 0 Å². The minimum absolute atomic E-state index is 0.0384. The maximum atomic E-state index is 13.3. The Morgan fingerprint density at radius 1 is 0.893 bits per heavy atom. The fraction of sp³-hybridized carbons (Fsp3) is 0.350. The molecule has 0 unspecified atom stereocenters. The molecule has 2 fully saturated rings. The molecule has 2 aliphatic heterocycles. The van der Waals surface area contributed by atoms with Gasteiger partial charge in [-0.25, -0.2) is 13.2 Å². The van der Waals surface area contributed by atoms with Crippen LogP contribution in [0.3, 0.4) is 0 Å². The number of urea groups is 1. The van der Waals surface area contributed by atoms with Gasteiger partial charge in [0.1, 0.15) is 11.5 Å². The summed E-state index contributed by atoms with van der Waals surface area (Å²) in [5.41, 5.74) is 1.32. The molecule has 2 heterocycles. The van der Waals surface area contributed by atoms with Crippen LogP contribution >= 0.6 is 0 Å². The second kappa shape index (κ2) is 7.01. The van der Waals surface area contributed by atoms with Crippen LogP contribution in [-0.2, 0) is 9.84 Å². The molecule has 0 spiro atoms. The van der Waals surface area contributed by atoms with Crippen molar-refractivity contribution in [3.05, 3.63) is 48.5 Å². The van der Waals surface area contributed by atoms with Crippen molar-refractivity contribution in [1.29, 1.82) is 0 Å². The van der Waals surface area contributed by atoms with E-state index in [2.05, 4.69) is 0 Å². The molecule has 2 aromatic carbocycles. The van der Waals surface area contributed by atoms with Gasteiger partial charge >= 0.3 is 6.03 Å². The summed E-state index contributed by atoms with van der Waals surface area (Å²) in [7, 11) is -1.65. The number of benzene rings is 2. The zero-order chi connectivity index (χ0) is 19.9. The fourth-order valence-electron chi connectivity index (χ4n) is 3.92. The first-order valence-electron chi connectivity index (χ1n) is 9.13. The van der Waals surface area contributed by atoms with Crippen LogP contribution in [0.1, 0.15) is 6.92 Å². The van der Waals surface area contributed by atoms with Gasteiger partial charge in [-0.1, -0.05) is 0 Å². The molecule has 7 nitrogen and oxygen atoms in total. The van der Waals surface area contributed by atoms with Crippen LogP contribution in [0.15, 0.2) is 48.5 Å². The van der Waals surface area contributed by atoms with E-state index in [0.717, 1.165) is 0 Å². The average molecular weight is 402 g/mol. The third kappa shape index (κ3) is 3.17. The topological polar surface area (TPSA) is 76.2 Å². The predicted molar refractivity (Wildman–Crippen MR) is 107 cm³/mol. The number of carbonyl (C=O) groups is 1. The number of fused-ring (bicyclic) bond motifs is 1. The van der Waals surface area contributed by atoms with E-state index in [9.17, 15) is 13.2 Å². The van der Waals surface area contributed by atoms with E-state index in [4.69, 9.17) is 9.47 Å². The van der Waals surface area contributed by atoms with Crippen molar-refractivity contribution in [2.24, 2.45) is 0 Å². The first kappa shape index (κ1) is 18.6. The molecule has 0 bridgehead atoms. The molecule has 0 saturated carbocycles. The molecule has 2 saturated heterocycles. The number of ether oxygens (including phenoxy) is 2. The molecule has 2 aromatic rings. The number of hydrogen-bond donors (Lipinski definition) is 0. The van der Waals surface area contributed by atoms with E-state index >= 15 is 0 Å². The molecule has 8 heteroatoms. The Bertz CT molecular complexity index is 973. The standard InChI is InChI=1S/C20H22N2O5S/c1-3-27-17-10-6-15(7-11-17)22-19-13-28(24,25)12-18(19)21(20(22)23)14-4-8-16(26-2)9-5-14/h4-11,18-19H,3,12-13H2,1-2H3/t18-,19-/m0/s1. The summed E-state index contributed by atoms with van der Waals surface area (Å²) in [5.74, 6) is 1.31. The highest BCUT2D eigenvalue weighted by Crippen LogP contribution is 2.38. The SMILES string of the molecule is CCOc1ccc(N2C(=O)N(c3ccc(OC)cc3)[C@H]3CS(=O)(=O)C[C@@H]32)cc1. The summed E-state index contributed by atoms with van der Waals surface area (Å²) in [6, 6.07) is 13.2. The highest BCUT2D eigenvalue weighted by molar-refractivity contribution is 7.91. The van der Waals surface area contributed by atoms with Gasteiger partial charge < -0.3 is 9.47 Å². The van der Waals surface area contributed by atoms with Gasteiger partial charge in [-0.2, -0.15) is 0 Å². The lowest BCUT2D eigenvalue weighted by molar-refractivity contribution is 0.255. The van der Waals surface area contributed by atoms with Crippen LogP contribution in [0.2, 0.25) is 0 Å². The molecule has 0 radical (unpaired) electrons. The van der Waals surface area contributed by atoms with E-state index in [1.54, 1.807) is 65.4 Å². The summed E-state index contributed by atoms with van der Waals surface area (Å²) in [4.78, 5) is 16.5. The highest BCUT2D eigenvalue weighted by Gasteiger charge is 2.54. The van der Waals surface area contributed by atoms with E-state index < -0.39 is 21.9 Å². The summed E-state index contributed by atoms with van der Waals surface area (Å²) < 4.78 is 35.3. The van der Waals surface area contributed by atoms with E-state index in [1.807, 2.05) is 6.92 Å². The van der Waals surface area contributed by atoms with Gasteiger partial charge in [0.15, 0.2) is 9.84 Å². The van der Waals surface area contributed by atoms with E-state index in [1.165, 1.54) is 0 Å². The highest BCUT2D eigenvalue weighted by atomic mass is 32.2. The van der Waals surface area contributed by atoms with Gasteiger partial charge in [0.25, 0.3) is 0 Å². The summed E-state index contributed by atoms with van der Waals surface area (Å²) in [6.45, 7) is 2.45. The van der Waals surface area contributed by atoms with Gasteiger partial charge in [-0.3, -0.25) is 9.80 Å². The Kier molecular flexibility index (Phi) is 4.66. The number of hydrogen-bond acceptors (Lipinski definition) is 5. The van der Waals surface area contributed by atoms with Gasteiger partial charge in [0, 0.05) is 11.4 Å². The lowest BCUT2D eigenvalue weighted by Crippen LogP contribution is -2.37. The van der Waals surface area contributed by atoms with Crippen LogP contribution in [-0.4, -0.2) is 51.8 Å². The number of sulfone groups is 1. The van der Waals surface area contributed by atoms with Gasteiger partial charge in [-0.05, 0) is 55.5 Å². The van der Waals surface area contributed by atoms with E-state index in [0.29, 0.717) is 29.5 Å². The van der Waals surface area contributed by atoms with Crippen molar-refractivity contribution in [1.82, 2.24) is 0 Å². The molecule has 0 aromatic heterocycles. The van der Waals surface area contributed by atoms with Gasteiger partial charge in [0.05, 0.1) is 37.3 Å². The Labute approximate surface area is 164 Å². The van der Waals surface area contributed by atoms with Crippen molar-refractivity contribution < 1.29 is 22.7 Å². The lowest BCUT2D eigenvalue weighted by Gasteiger charge is -2.23. The zero-order valence-corrected chi connectivity index (χ0v) is 16.6. The Hall–Kier alpha value is -2.74. The lowest BCUT2D eigenvalue weighted by atomic mass is 10.1. The summed E-state index contributed by atoms with van der Waals surface area (Å²) >= 11 is 0. The van der Waals surface area contributed by atoms with Gasteiger partial charge in [-0.15, -0.1) is 0 Å². The molecule has 148 valence electrons. The third-order valence-electron chi connectivity index (χ3n) is 5.15. The van der Waals surface area contributed by atoms with E-state index in [-0.39, 0.29) is 17.5 Å². The molecular weight excluding hydrogens is 380 g/mol. The number of carbonyl (C=O) groups excluding carboxylic acids is 1. The molecule has 4 rings (SSSR count). The van der Waals surface area contributed by atoms with Crippen molar-refractivity contribution in [3.8, 4) is 11.5 Å². The summed E-state index contributed by atoms with van der Waals surface area (Å²) in [6.07, 6.45) is 0. The molecular formula is C20H22N2O5S. The molecule has 0 N–H and O–H groups in total. The van der Waals surface area contributed by atoms with Crippen molar-refractivity contribution in [2.75, 3.05) is 35.0 Å². The monoisotopic (exact) mass is 402 g/mol. The zero-order valence-electron chi connectivity index (χ0n) is 15.7. The molecule has 0 aliphatic carbocycles. The van der Waals surface area contributed by atoms with Crippen molar-refractivity contribution in [2.45, 2.75) is 19.0 Å². The smallest absolute Gasteiger partial charge is 0.329 e. The molecule has 28 heavy (non-hydrogen) atoms. The molecule has 2 atom stereocenters. The first-order valence-corrected chi connectivity index (χ1v) is 11.0. The number of methoxy groups -OCH3 is 1. The first-order chi connectivity index (χ1) is 13.4.